The number of pyridine rings is 1. The van der Waals surface area contributed by atoms with Gasteiger partial charge in [-0.15, -0.1) is 0 Å². The Kier molecular flexibility index (Phi) is 4.56. The van der Waals surface area contributed by atoms with E-state index in [1.165, 1.54) is 31.5 Å². The molecule has 138 valence electrons. The molecular weight excluding hydrogens is 355 g/mol. The van der Waals surface area contributed by atoms with E-state index in [9.17, 15) is 12.8 Å². The molecule has 5 nitrogen and oxygen atoms in total. The number of sulfonamides is 1. The second-order valence-corrected chi connectivity index (χ2v) is 8.78. The van der Waals surface area contributed by atoms with Gasteiger partial charge in [0.1, 0.15) is 24.2 Å². The van der Waals surface area contributed by atoms with Crippen molar-refractivity contribution in [3.63, 3.8) is 0 Å². The lowest BCUT2D eigenvalue weighted by molar-refractivity contribution is -0.680. The van der Waals surface area contributed by atoms with Gasteiger partial charge in [-0.2, -0.15) is 13.1 Å². The Bertz CT molecular complexity index is 907. The van der Waals surface area contributed by atoms with Crippen LogP contribution in [0.2, 0.25) is 0 Å². The first-order valence-electron chi connectivity index (χ1n) is 9.01. The number of benzene rings is 1. The Morgan fingerprint density at radius 2 is 1.85 bits per heavy atom. The van der Waals surface area contributed by atoms with Gasteiger partial charge in [-0.25, -0.2) is 8.96 Å². The molecule has 0 saturated heterocycles. The van der Waals surface area contributed by atoms with Crippen molar-refractivity contribution in [1.82, 2.24) is 0 Å². The van der Waals surface area contributed by atoms with Crippen molar-refractivity contribution in [3.8, 4) is 16.9 Å². The second kappa shape index (κ2) is 6.87. The average Bonchev–Trinajstić information content (AvgIpc) is 2.63. The summed E-state index contributed by atoms with van der Waals surface area (Å²) in [5.74, 6) is 0.743. The zero-order valence-electron chi connectivity index (χ0n) is 14.4. The Balaban J connectivity index is 1.62. The summed E-state index contributed by atoms with van der Waals surface area (Å²) in [7, 11) is -3.38. The summed E-state index contributed by atoms with van der Waals surface area (Å²) in [5.41, 5.74) is 1.27. The maximum absolute atomic E-state index is 14.0. The molecule has 0 amide bonds. The monoisotopic (exact) mass is 377 g/mol. The number of rotatable bonds is 3. The van der Waals surface area contributed by atoms with Gasteiger partial charge >= 0.3 is 10.0 Å². The Morgan fingerprint density at radius 1 is 1.12 bits per heavy atom. The van der Waals surface area contributed by atoms with Crippen LogP contribution in [0.25, 0.3) is 11.1 Å². The average molecular weight is 377 g/mol. The third kappa shape index (κ3) is 3.67. The van der Waals surface area contributed by atoms with E-state index >= 15 is 0 Å². The first kappa shape index (κ1) is 17.3. The number of aromatic nitrogens is 1. The van der Waals surface area contributed by atoms with Crippen LogP contribution in [0.3, 0.4) is 0 Å². The van der Waals surface area contributed by atoms with Crippen LogP contribution < -0.4 is 14.0 Å². The van der Waals surface area contributed by atoms with Crippen LogP contribution in [0.1, 0.15) is 32.1 Å². The molecule has 0 radical (unpaired) electrons. The maximum atomic E-state index is 14.0. The molecule has 1 aliphatic carbocycles. The molecule has 0 spiro atoms. The van der Waals surface area contributed by atoms with Crippen molar-refractivity contribution in [1.29, 1.82) is 0 Å². The Labute approximate surface area is 152 Å². The fourth-order valence-corrected chi connectivity index (χ4v) is 4.69. The fraction of sp³-hybridized carbons (Fsp3) is 0.421. The molecule has 1 saturated carbocycles. The molecule has 0 unspecified atom stereocenters. The van der Waals surface area contributed by atoms with Crippen molar-refractivity contribution in [2.45, 2.75) is 44.8 Å². The highest BCUT2D eigenvalue weighted by Crippen LogP contribution is 2.30. The van der Waals surface area contributed by atoms with Crippen LogP contribution in [0.15, 0.2) is 36.5 Å². The minimum absolute atomic E-state index is 0.0538. The van der Waals surface area contributed by atoms with Gasteiger partial charge in [-0.05, 0) is 49.4 Å². The standard InChI is InChI=1S/C19H21FN2O3S/c20-15-12-18(19-21-26(23,24)11-10-22(19)13-15)14-6-8-17(9-7-14)25-16-4-2-1-3-5-16/h6-9,12-13,16H,1-5,10-11H2/p+1. The number of anilines is 1. The highest BCUT2D eigenvalue weighted by molar-refractivity contribution is 7.92. The van der Waals surface area contributed by atoms with Gasteiger partial charge in [-0.3, -0.25) is 0 Å². The smallest absolute Gasteiger partial charge is 0.302 e. The maximum Gasteiger partial charge on any atom is 0.302 e. The highest BCUT2D eigenvalue weighted by atomic mass is 32.2. The SMILES string of the molecule is O=S1(=O)CC[n+]2cc(F)cc(-c3ccc(OC4CCCCC4)cc3)c2N1. The van der Waals surface area contributed by atoms with E-state index in [0.717, 1.165) is 24.2 Å². The first-order valence-corrected chi connectivity index (χ1v) is 10.7. The third-order valence-electron chi connectivity index (χ3n) is 4.98. The van der Waals surface area contributed by atoms with E-state index in [1.54, 1.807) is 4.57 Å². The molecule has 26 heavy (non-hydrogen) atoms. The van der Waals surface area contributed by atoms with Crippen LogP contribution in [-0.4, -0.2) is 20.3 Å². The second-order valence-electron chi connectivity index (χ2n) is 6.94. The summed E-state index contributed by atoms with van der Waals surface area (Å²) < 4.78 is 48.0. The number of aryl methyl sites for hydroxylation is 1. The summed E-state index contributed by atoms with van der Waals surface area (Å²) in [5, 5.41) is 0. The van der Waals surface area contributed by atoms with Crippen LogP contribution in [0, 0.1) is 5.82 Å². The van der Waals surface area contributed by atoms with Gasteiger partial charge in [0.15, 0.2) is 5.82 Å². The lowest BCUT2D eigenvalue weighted by Gasteiger charge is -2.23. The summed E-state index contributed by atoms with van der Waals surface area (Å²) >= 11 is 0. The largest absolute Gasteiger partial charge is 0.490 e. The summed E-state index contributed by atoms with van der Waals surface area (Å²) in [4.78, 5) is 0. The lowest BCUT2D eigenvalue weighted by atomic mass is 9.98. The minimum Gasteiger partial charge on any atom is -0.490 e. The third-order valence-corrected chi connectivity index (χ3v) is 6.20. The molecule has 1 aliphatic heterocycles. The van der Waals surface area contributed by atoms with E-state index in [2.05, 4.69) is 4.72 Å². The van der Waals surface area contributed by atoms with Crippen molar-refractivity contribution >= 4 is 15.8 Å². The van der Waals surface area contributed by atoms with Gasteiger partial charge in [0.05, 0.1) is 11.7 Å². The van der Waals surface area contributed by atoms with E-state index in [-0.39, 0.29) is 18.4 Å². The van der Waals surface area contributed by atoms with Gasteiger partial charge in [-0.1, -0.05) is 18.6 Å². The molecule has 2 aromatic rings. The van der Waals surface area contributed by atoms with Gasteiger partial charge in [0, 0.05) is 0 Å². The summed E-state index contributed by atoms with van der Waals surface area (Å²) in [6.45, 7) is 0.234. The number of ether oxygens (including phenoxy) is 1. The van der Waals surface area contributed by atoms with Crippen molar-refractivity contribution in [2.75, 3.05) is 10.5 Å². The van der Waals surface area contributed by atoms with Crippen molar-refractivity contribution in [3.05, 3.63) is 42.3 Å². The Morgan fingerprint density at radius 3 is 2.58 bits per heavy atom. The number of halogens is 1. The van der Waals surface area contributed by atoms with E-state index in [1.807, 2.05) is 24.3 Å². The predicted octanol–water partition coefficient (Wildman–Crippen LogP) is 3.25. The van der Waals surface area contributed by atoms with Gasteiger partial charge < -0.3 is 4.74 Å². The first-order chi connectivity index (χ1) is 12.5. The van der Waals surface area contributed by atoms with E-state index in [4.69, 9.17) is 4.74 Å². The summed E-state index contributed by atoms with van der Waals surface area (Å²) in [6.07, 6.45) is 7.43. The predicted molar refractivity (Wildman–Crippen MR) is 96.9 cm³/mol. The lowest BCUT2D eigenvalue weighted by Crippen LogP contribution is -2.47. The van der Waals surface area contributed by atoms with Crippen LogP contribution in [0.5, 0.6) is 5.75 Å². The zero-order chi connectivity index (χ0) is 18.1. The Hall–Kier alpha value is -2.15. The summed E-state index contributed by atoms with van der Waals surface area (Å²) in [6, 6.07) is 8.77. The van der Waals surface area contributed by atoms with Gasteiger partial charge in [0.2, 0.25) is 0 Å². The van der Waals surface area contributed by atoms with E-state index < -0.39 is 15.8 Å². The molecule has 0 bridgehead atoms. The number of nitrogens with zero attached hydrogens (tertiary/aromatic N) is 1. The molecule has 0 atom stereocenters. The molecule has 1 N–H and O–H groups in total. The molecule has 1 aromatic heterocycles. The molecule has 4 rings (SSSR count). The van der Waals surface area contributed by atoms with E-state index in [0.29, 0.717) is 11.4 Å². The topological polar surface area (TPSA) is 59.3 Å². The normalized spacial score (nSPS) is 19.4. The zero-order valence-corrected chi connectivity index (χ0v) is 15.3. The van der Waals surface area contributed by atoms with Crippen LogP contribution in [-0.2, 0) is 16.6 Å². The fourth-order valence-electron chi connectivity index (χ4n) is 3.63. The van der Waals surface area contributed by atoms with Crippen molar-refractivity contribution < 1.29 is 22.1 Å². The van der Waals surface area contributed by atoms with Gasteiger partial charge in [0.25, 0.3) is 5.82 Å². The molecule has 2 aliphatic rings. The number of fused-ring (bicyclic) bond motifs is 1. The molecular formula is C19H22FN2O3S+. The number of hydrogen-bond acceptors (Lipinski definition) is 3. The molecule has 7 heteroatoms. The van der Waals surface area contributed by atoms with Crippen molar-refractivity contribution in [2.24, 2.45) is 0 Å². The quantitative estimate of drug-likeness (QED) is 0.836. The number of hydrogen-bond donors (Lipinski definition) is 1. The molecule has 2 heterocycles. The minimum atomic E-state index is -3.38. The highest BCUT2D eigenvalue weighted by Gasteiger charge is 2.31. The van der Waals surface area contributed by atoms with Crippen LogP contribution in [0.4, 0.5) is 10.2 Å². The molecule has 1 fully saturated rings. The van der Waals surface area contributed by atoms with Crippen LogP contribution >= 0.6 is 0 Å². The number of nitrogens with one attached hydrogen (secondary N) is 1. The molecule has 1 aromatic carbocycles.